The van der Waals surface area contributed by atoms with E-state index in [1.807, 2.05) is 27.7 Å². The number of hydrogen-bond donors (Lipinski definition) is 1. The predicted octanol–water partition coefficient (Wildman–Crippen LogP) is 1.87. The van der Waals surface area contributed by atoms with Crippen LogP contribution in [0.3, 0.4) is 0 Å². The minimum atomic E-state index is -0.281. The molecule has 1 aliphatic heterocycles. The van der Waals surface area contributed by atoms with Crippen LogP contribution in [0, 0.1) is 6.92 Å². The van der Waals surface area contributed by atoms with Crippen LogP contribution in [0.15, 0.2) is 23.1 Å². The number of rotatable bonds is 2. The number of fused-ring (bicyclic) bond motifs is 1. The van der Waals surface area contributed by atoms with Crippen LogP contribution in [-0.4, -0.2) is 45.6 Å². The van der Waals surface area contributed by atoms with Gasteiger partial charge in [-0.05, 0) is 39.8 Å². The van der Waals surface area contributed by atoms with Crippen molar-refractivity contribution in [2.75, 3.05) is 13.1 Å². The molecule has 0 spiro atoms. The van der Waals surface area contributed by atoms with Gasteiger partial charge in [-0.25, -0.2) is 4.98 Å². The van der Waals surface area contributed by atoms with Crippen molar-refractivity contribution in [1.82, 2.24) is 14.9 Å². The monoisotopic (exact) mass is 315 g/mol. The van der Waals surface area contributed by atoms with Crippen LogP contribution in [0.1, 0.15) is 36.8 Å². The number of nitrogens with zero attached hydrogens (tertiary/aromatic N) is 2. The smallest absolute Gasteiger partial charge is 0.259 e. The zero-order chi connectivity index (χ0) is 16.8. The highest BCUT2D eigenvalue weighted by Crippen LogP contribution is 2.20. The normalized spacial score (nSPS) is 15.7. The minimum Gasteiger partial charge on any atom is -0.369 e. The summed E-state index contributed by atoms with van der Waals surface area (Å²) in [6.45, 7) is 8.84. The van der Waals surface area contributed by atoms with Crippen molar-refractivity contribution in [2.24, 2.45) is 0 Å². The van der Waals surface area contributed by atoms with Gasteiger partial charge in [0.15, 0.2) is 0 Å². The molecule has 6 nitrogen and oxygen atoms in total. The third kappa shape index (κ3) is 3.12. The predicted molar refractivity (Wildman–Crippen MR) is 87.6 cm³/mol. The van der Waals surface area contributed by atoms with Crippen LogP contribution in [0.2, 0.25) is 0 Å². The molecular formula is C17H21N3O3. The van der Waals surface area contributed by atoms with Crippen molar-refractivity contribution in [3.63, 3.8) is 0 Å². The maximum Gasteiger partial charge on any atom is 0.259 e. The number of aromatic amines is 1. The fourth-order valence-electron chi connectivity index (χ4n) is 2.71. The SMILES string of the molecule is Cc1ccc2c(=O)c(C(=O)N3CC(OC(C)(C)C)C3)c[nH]c2n1. The Balaban J connectivity index is 1.79. The van der Waals surface area contributed by atoms with Gasteiger partial charge in [-0.3, -0.25) is 9.59 Å². The second-order valence-corrected chi connectivity index (χ2v) is 6.94. The number of ether oxygens (including phenoxy) is 1. The van der Waals surface area contributed by atoms with E-state index in [-0.39, 0.29) is 28.6 Å². The van der Waals surface area contributed by atoms with Gasteiger partial charge in [0.05, 0.1) is 17.1 Å². The molecule has 1 fully saturated rings. The van der Waals surface area contributed by atoms with Crippen molar-refractivity contribution in [3.05, 3.63) is 39.8 Å². The lowest BCUT2D eigenvalue weighted by molar-refractivity contribution is -0.113. The number of H-pyrrole nitrogens is 1. The maximum atomic E-state index is 12.5. The molecule has 3 rings (SSSR count). The van der Waals surface area contributed by atoms with E-state index < -0.39 is 0 Å². The molecule has 0 aromatic carbocycles. The minimum absolute atomic E-state index is 0.0304. The van der Waals surface area contributed by atoms with Gasteiger partial charge >= 0.3 is 0 Å². The Morgan fingerprint density at radius 2 is 2.04 bits per heavy atom. The Labute approximate surface area is 134 Å². The highest BCUT2D eigenvalue weighted by molar-refractivity contribution is 5.97. The molecule has 2 aromatic heterocycles. The zero-order valence-corrected chi connectivity index (χ0v) is 13.8. The number of aryl methyl sites for hydroxylation is 1. The number of aromatic nitrogens is 2. The average Bonchev–Trinajstić information content (AvgIpc) is 2.41. The van der Waals surface area contributed by atoms with Crippen molar-refractivity contribution in [2.45, 2.75) is 39.4 Å². The van der Waals surface area contributed by atoms with Gasteiger partial charge in [-0.2, -0.15) is 0 Å². The summed E-state index contributed by atoms with van der Waals surface area (Å²) in [5.41, 5.74) is 0.957. The highest BCUT2D eigenvalue weighted by Gasteiger charge is 2.35. The molecule has 0 radical (unpaired) electrons. The average molecular weight is 315 g/mol. The Morgan fingerprint density at radius 1 is 1.35 bits per heavy atom. The van der Waals surface area contributed by atoms with Gasteiger partial charge in [0.2, 0.25) is 5.43 Å². The number of nitrogens with one attached hydrogen (secondary N) is 1. The fraction of sp³-hybridized carbons (Fsp3) is 0.471. The number of carbonyl (C=O) groups excluding carboxylic acids is 1. The fourth-order valence-corrected chi connectivity index (χ4v) is 2.71. The molecule has 23 heavy (non-hydrogen) atoms. The van der Waals surface area contributed by atoms with E-state index in [2.05, 4.69) is 9.97 Å². The number of carbonyl (C=O) groups is 1. The highest BCUT2D eigenvalue weighted by atomic mass is 16.5. The summed E-state index contributed by atoms with van der Waals surface area (Å²) in [4.78, 5) is 33.8. The second-order valence-electron chi connectivity index (χ2n) is 6.94. The first kappa shape index (κ1) is 15.7. The van der Waals surface area contributed by atoms with Gasteiger partial charge < -0.3 is 14.6 Å². The van der Waals surface area contributed by atoms with Crippen LogP contribution in [0.4, 0.5) is 0 Å². The van der Waals surface area contributed by atoms with E-state index >= 15 is 0 Å². The topological polar surface area (TPSA) is 75.3 Å². The summed E-state index contributed by atoms with van der Waals surface area (Å²) in [6.07, 6.45) is 1.49. The number of amides is 1. The standard InChI is InChI=1S/C17H21N3O3/c1-10-5-6-12-14(21)13(7-18-15(12)19-10)16(22)20-8-11(9-20)23-17(2,3)4/h5-7,11H,8-9H2,1-4H3,(H,18,19,21). The van der Waals surface area contributed by atoms with Crippen LogP contribution in [0.25, 0.3) is 11.0 Å². The Kier molecular flexibility index (Phi) is 3.72. The molecular weight excluding hydrogens is 294 g/mol. The quantitative estimate of drug-likeness (QED) is 0.918. The number of pyridine rings is 2. The second kappa shape index (κ2) is 5.45. The zero-order valence-electron chi connectivity index (χ0n) is 13.8. The molecule has 0 saturated carbocycles. The molecule has 3 heterocycles. The maximum absolute atomic E-state index is 12.5. The lowest BCUT2D eigenvalue weighted by Crippen LogP contribution is -2.57. The Bertz CT molecular complexity index is 814. The first-order chi connectivity index (χ1) is 10.7. The van der Waals surface area contributed by atoms with Crippen LogP contribution < -0.4 is 5.43 Å². The summed E-state index contributed by atoms with van der Waals surface area (Å²) in [6, 6.07) is 3.47. The molecule has 0 bridgehead atoms. The lowest BCUT2D eigenvalue weighted by Gasteiger charge is -2.41. The van der Waals surface area contributed by atoms with Gasteiger partial charge in [0.25, 0.3) is 5.91 Å². The summed E-state index contributed by atoms with van der Waals surface area (Å²) in [7, 11) is 0. The van der Waals surface area contributed by atoms with Crippen LogP contribution in [0.5, 0.6) is 0 Å². The molecule has 1 amide bonds. The van der Waals surface area contributed by atoms with E-state index in [9.17, 15) is 9.59 Å². The molecule has 0 atom stereocenters. The van der Waals surface area contributed by atoms with E-state index in [0.717, 1.165) is 5.69 Å². The van der Waals surface area contributed by atoms with E-state index in [0.29, 0.717) is 24.1 Å². The Hall–Kier alpha value is -2.21. The summed E-state index contributed by atoms with van der Waals surface area (Å²) in [5, 5.41) is 0.435. The molecule has 6 heteroatoms. The van der Waals surface area contributed by atoms with Gasteiger partial charge in [-0.15, -0.1) is 0 Å². The van der Waals surface area contributed by atoms with Crippen LogP contribution >= 0.6 is 0 Å². The van der Waals surface area contributed by atoms with Gasteiger partial charge in [-0.1, -0.05) is 0 Å². The van der Waals surface area contributed by atoms with Crippen molar-refractivity contribution >= 4 is 16.9 Å². The molecule has 1 aliphatic rings. The van der Waals surface area contributed by atoms with E-state index in [1.165, 1.54) is 6.20 Å². The van der Waals surface area contributed by atoms with E-state index in [4.69, 9.17) is 4.74 Å². The number of hydrogen-bond acceptors (Lipinski definition) is 4. The third-order valence-corrected chi connectivity index (χ3v) is 3.76. The molecule has 2 aromatic rings. The lowest BCUT2D eigenvalue weighted by atomic mass is 10.1. The molecule has 0 aliphatic carbocycles. The molecule has 1 N–H and O–H groups in total. The van der Waals surface area contributed by atoms with E-state index in [1.54, 1.807) is 17.0 Å². The first-order valence-electron chi connectivity index (χ1n) is 7.71. The number of likely N-dealkylation sites (tertiary alicyclic amines) is 1. The molecule has 0 unspecified atom stereocenters. The first-order valence-corrected chi connectivity index (χ1v) is 7.71. The van der Waals surface area contributed by atoms with Crippen molar-refractivity contribution in [1.29, 1.82) is 0 Å². The molecule has 122 valence electrons. The summed E-state index contributed by atoms with van der Waals surface area (Å²) >= 11 is 0. The van der Waals surface area contributed by atoms with Gasteiger partial charge in [0, 0.05) is 25.0 Å². The largest absolute Gasteiger partial charge is 0.369 e. The summed E-state index contributed by atoms with van der Waals surface area (Å²) in [5.74, 6) is -0.262. The third-order valence-electron chi connectivity index (χ3n) is 3.76. The van der Waals surface area contributed by atoms with Crippen molar-refractivity contribution < 1.29 is 9.53 Å². The van der Waals surface area contributed by atoms with Crippen LogP contribution in [-0.2, 0) is 4.74 Å². The molecule has 1 saturated heterocycles. The van der Waals surface area contributed by atoms with Gasteiger partial charge in [0.1, 0.15) is 11.2 Å². The Morgan fingerprint density at radius 3 is 2.70 bits per heavy atom. The van der Waals surface area contributed by atoms with Crippen molar-refractivity contribution in [3.8, 4) is 0 Å². The summed E-state index contributed by atoms with van der Waals surface area (Å²) < 4.78 is 5.81.